The molecule has 0 radical (unpaired) electrons. The van der Waals surface area contributed by atoms with Crippen LogP contribution in [0.25, 0.3) is 5.69 Å². The van der Waals surface area contributed by atoms with Gasteiger partial charge in [0.1, 0.15) is 0 Å². The number of hydrogen-bond acceptors (Lipinski definition) is 1. The first kappa shape index (κ1) is 13.5. The zero-order valence-electron chi connectivity index (χ0n) is 12.2. The van der Waals surface area contributed by atoms with Gasteiger partial charge in [-0.1, -0.05) is 17.9 Å². The second-order valence-electron chi connectivity index (χ2n) is 5.50. The number of aryl methyl sites for hydroxylation is 2. The minimum Gasteiger partial charge on any atom is -0.478 e. The summed E-state index contributed by atoms with van der Waals surface area (Å²) in [6.07, 6.45) is 2.31. The van der Waals surface area contributed by atoms with Crippen LogP contribution in [0, 0.1) is 31.6 Å². The molecule has 0 atom stereocenters. The maximum Gasteiger partial charge on any atom is 0.337 e. The molecule has 1 saturated carbocycles. The number of para-hydroxylation sites is 1. The van der Waals surface area contributed by atoms with Gasteiger partial charge in [0.2, 0.25) is 0 Å². The Bertz CT molecular complexity index is 751. The summed E-state index contributed by atoms with van der Waals surface area (Å²) >= 11 is 0. The number of carboxylic acid groups (broad SMARTS) is 1. The molecule has 1 heterocycles. The van der Waals surface area contributed by atoms with Crippen LogP contribution in [-0.4, -0.2) is 15.6 Å². The summed E-state index contributed by atoms with van der Waals surface area (Å²) in [5.74, 6) is 5.96. The van der Waals surface area contributed by atoms with Gasteiger partial charge in [-0.25, -0.2) is 4.79 Å². The number of rotatable bonds is 2. The fraction of sp³-hybridized carbons (Fsp3) is 0.278. The molecule has 21 heavy (non-hydrogen) atoms. The first-order chi connectivity index (χ1) is 10.1. The van der Waals surface area contributed by atoms with E-state index in [4.69, 9.17) is 0 Å². The van der Waals surface area contributed by atoms with E-state index in [-0.39, 0.29) is 0 Å². The Balaban J connectivity index is 2.24. The Kier molecular flexibility index (Phi) is 3.31. The van der Waals surface area contributed by atoms with Crippen molar-refractivity contribution in [2.45, 2.75) is 26.7 Å². The molecule has 1 aliphatic rings. The zero-order chi connectivity index (χ0) is 15.0. The molecule has 1 N–H and O–H groups in total. The fourth-order valence-corrected chi connectivity index (χ4v) is 2.49. The van der Waals surface area contributed by atoms with Crippen LogP contribution in [-0.2, 0) is 0 Å². The molecule has 0 unspecified atom stereocenters. The molecule has 1 aliphatic carbocycles. The average molecular weight is 279 g/mol. The molecule has 3 nitrogen and oxygen atoms in total. The maximum atomic E-state index is 11.6. The van der Waals surface area contributed by atoms with Crippen molar-refractivity contribution in [3.63, 3.8) is 0 Å². The SMILES string of the molecule is Cc1ccc(C)n1-c1c(C#CC2CC2)cccc1C(=O)O. The lowest BCUT2D eigenvalue weighted by Crippen LogP contribution is -2.10. The highest BCUT2D eigenvalue weighted by Gasteiger charge is 2.20. The minimum atomic E-state index is -0.924. The molecule has 0 saturated heterocycles. The van der Waals surface area contributed by atoms with Gasteiger partial charge in [0.05, 0.1) is 11.3 Å². The Morgan fingerprint density at radius 1 is 1.19 bits per heavy atom. The van der Waals surface area contributed by atoms with Crippen molar-refractivity contribution in [2.75, 3.05) is 0 Å². The molecular formula is C18H17NO2. The van der Waals surface area contributed by atoms with Gasteiger partial charge in [0.15, 0.2) is 0 Å². The van der Waals surface area contributed by atoms with Crippen molar-refractivity contribution in [3.8, 4) is 17.5 Å². The first-order valence-corrected chi connectivity index (χ1v) is 7.11. The highest BCUT2D eigenvalue weighted by atomic mass is 16.4. The van der Waals surface area contributed by atoms with Gasteiger partial charge >= 0.3 is 5.97 Å². The van der Waals surface area contributed by atoms with Gasteiger partial charge in [0, 0.05) is 22.9 Å². The van der Waals surface area contributed by atoms with Crippen LogP contribution in [0.4, 0.5) is 0 Å². The van der Waals surface area contributed by atoms with E-state index in [1.807, 2.05) is 36.6 Å². The van der Waals surface area contributed by atoms with E-state index >= 15 is 0 Å². The quantitative estimate of drug-likeness (QED) is 0.854. The number of nitrogens with zero attached hydrogens (tertiary/aromatic N) is 1. The van der Waals surface area contributed by atoms with E-state index in [2.05, 4.69) is 11.8 Å². The monoisotopic (exact) mass is 279 g/mol. The smallest absolute Gasteiger partial charge is 0.337 e. The van der Waals surface area contributed by atoms with Crippen LogP contribution in [0.15, 0.2) is 30.3 Å². The van der Waals surface area contributed by atoms with Crippen LogP contribution in [0.2, 0.25) is 0 Å². The largest absolute Gasteiger partial charge is 0.478 e. The summed E-state index contributed by atoms with van der Waals surface area (Å²) in [5.41, 5.74) is 3.77. The predicted molar refractivity (Wildman–Crippen MR) is 81.8 cm³/mol. The lowest BCUT2D eigenvalue weighted by molar-refractivity contribution is 0.0697. The van der Waals surface area contributed by atoms with E-state index in [1.54, 1.807) is 12.1 Å². The van der Waals surface area contributed by atoms with Crippen LogP contribution < -0.4 is 0 Å². The lowest BCUT2D eigenvalue weighted by atomic mass is 10.1. The van der Waals surface area contributed by atoms with Crippen LogP contribution >= 0.6 is 0 Å². The van der Waals surface area contributed by atoms with E-state index in [0.717, 1.165) is 29.8 Å². The lowest BCUT2D eigenvalue weighted by Gasteiger charge is -2.14. The molecule has 0 aliphatic heterocycles. The number of hydrogen-bond donors (Lipinski definition) is 1. The molecule has 0 spiro atoms. The van der Waals surface area contributed by atoms with E-state index in [0.29, 0.717) is 17.2 Å². The van der Waals surface area contributed by atoms with Crippen molar-refractivity contribution in [2.24, 2.45) is 5.92 Å². The molecule has 1 aromatic carbocycles. The third-order valence-electron chi connectivity index (χ3n) is 3.75. The van der Waals surface area contributed by atoms with Crippen LogP contribution in [0.5, 0.6) is 0 Å². The number of aromatic carboxylic acids is 1. The molecule has 0 bridgehead atoms. The Morgan fingerprint density at radius 3 is 2.43 bits per heavy atom. The number of aromatic nitrogens is 1. The minimum absolute atomic E-state index is 0.292. The number of carboxylic acids is 1. The standard InChI is InChI=1S/C18H17NO2/c1-12-6-7-13(2)19(12)17-15(11-10-14-8-9-14)4-3-5-16(17)18(20)21/h3-7,14H,8-9H2,1-2H3,(H,20,21). The summed E-state index contributed by atoms with van der Waals surface area (Å²) in [5, 5.41) is 9.50. The summed E-state index contributed by atoms with van der Waals surface area (Å²) in [6.45, 7) is 3.95. The molecular weight excluding hydrogens is 262 g/mol. The predicted octanol–water partition coefficient (Wildman–Crippen LogP) is 3.55. The third kappa shape index (κ3) is 2.57. The van der Waals surface area contributed by atoms with Crippen LogP contribution in [0.3, 0.4) is 0 Å². The first-order valence-electron chi connectivity index (χ1n) is 7.11. The molecule has 0 amide bonds. The fourth-order valence-electron chi connectivity index (χ4n) is 2.49. The summed E-state index contributed by atoms with van der Waals surface area (Å²) in [4.78, 5) is 11.6. The van der Waals surface area contributed by atoms with Gasteiger partial charge in [-0.2, -0.15) is 0 Å². The van der Waals surface area contributed by atoms with E-state index in [9.17, 15) is 9.90 Å². The van der Waals surface area contributed by atoms with E-state index < -0.39 is 5.97 Å². The van der Waals surface area contributed by atoms with Crippen molar-refractivity contribution in [1.82, 2.24) is 4.57 Å². The van der Waals surface area contributed by atoms with Gasteiger partial charge in [-0.05, 0) is 51.0 Å². The maximum absolute atomic E-state index is 11.6. The molecule has 3 rings (SSSR count). The van der Waals surface area contributed by atoms with Crippen LogP contribution in [0.1, 0.15) is 40.2 Å². The number of benzene rings is 1. The van der Waals surface area contributed by atoms with Crippen molar-refractivity contribution >= 4 is 5.97 Å². The highest BCUT2D eigenvalue weighted by molar-refractivity contribution is 5.93. The summed E-state index contributed by atoms with van der Waals surface area (Å²) in [7, 11) is 0. The second-order valence-corrected chi connectivity index (χ2v) is 5.50. The zero-order valence-corrected chi connectivity index (χ0v) is 12.2. The topological polar surface area (TPSA) is 42.2 Å². The molecule has 1 aromatic heterocycles. The van der Waals surface area contributed by atoms with Gasteiger partial charge in [-0.3, -0.25) is 0 Å². The van der Waals surface area contributed by atoms with Crippen molar-refractivity contribution in [1.29, 1.82) is 0 Å². The Labute approximate surface area is 124 Å². The average Bonchev–Trinajstić information content (AvgIpc) is 3.22. The second kappa shape index (κ2) is 5.14. The Hall–Kier alpha value is -2.47. The number of carbonyl (C=O) groups is 1. The molecule has 1 fully saturated rings. The van der Waals surface area contributed by atoms with Crippen molar-refractivity contribution < 1.29 is 9.90 Å². The normalized spacial score (nSPS) is 13.6. The Morgan fingerprint density at radius 2 is 1.86 bits per heavy atom. The van der Waals surface area contributed by atoms with Gasteiger partial charge < -0.3 is 9.67 Å². The molecule has 2 aromatic rings. The molecule has 3 heteroatoms. The van der Waals surface area contributed by atoms with Gasteiger partial charge in [-0.15, -0.1) is 0 Å². The molecule has 106 valence electrons. The van der Waals surface area contributed by atoms with Crippen molar-refractivity contribution in [3.05, 3.63) is 52.8 Å². The highest BCUT2D eigenvalue weighted by Crippen LogP contribution is 2.29. The van der Waals surface area contributed by atoms with Gasteiger partial charge in [0.25, 0.3) is 0 Å². The van der Waals surface area contributed by atoms with E-state index in [1.165, 1.54) is 0 Å². The third-order valence-corrected chi connectivity index (χ3v) is 3.75. The summed E-state index contributed by atoms with van der Waals surface area (Å²) < 4.78 is 1.97. The summed E-state index contributed by atoms with van der Waals surface area (Å²) in [6, 6.07) is 9.28.